The summed E-state index contributed by atoms with van der Waals surface area (Å²) in [7, 11) is 0. The molecule has 18 aromatic carbocycles. The molecule has 0 aliphatic heterocycles. The third-order valence-electron chi connectivity index (χ3n) is 23.0. The lowest BCUT2D eigenvalue weighted by Crippen LogP contribution is -1.95. The maximum atomic E-state index is 2.45. The molecule has 0 N–H and O–H groups in total. The highest BCUT2D eigenvalue weighted by Gasteiger charge is 2.24. The van der Waals surface area contributed by atoms with E-state index in [0.717, 1.165) is 11.4 Å². The van der Waals surface area contributed by atoms with Gasteiger partial charge in [-0.05, 0) is 183 Å². The Bertz CT molecular complexity index is 7860. The number of para-hydroxylation sites is 2. The quantitative estimate of drug-likeness (QED) is 0.144. The van der Waals surface area contributed by atoms with Crippen LogP contribution in [0.5, 0.6) is 0 Å². The fraction of sp³-hybridized carbons (Fsp3) is 0. The summed E-state index contributed by atoms with van der Waals surface area (Å²) in [5.41, 5.74) is 24.2. The van der Waals surface area contributed by atoms with Crippen LogP contribution in [0.1, 0.15) is 0 Å². The molecule has 512 valence electrons. The van der Waals surface area contributed by atoms with E-state index in [-0.39, 0.29) is 0 Å². The Morgan fingerprint density at radius 1 is 0.164 bits per heavy atom. The second-order valence-electron chi connectivity index (χ2n) is 29.0. The van der Waals surface area contributed by atoms with Crippen molar-refractivity contribution in [2.45, 2.75) is 0 Å². The van der Waals surface area contributed by atoms with Gasteiger partial charge in [-0.15, -0.1) is 22.7 Å². The number of aromatic nitrogens is 4. The van der Waals surface area contributed by atoms with Gasteiger partial charge in [0.2, 0.25) is 0 Å². The summed E-state index contributed by atoms with van der Waals surface area (Å²) in [6.07, 6.45) is 0. The van der Waals surface area contributed by atoms with E-state index in [4.69, 9.17) is 0 Å². The Labute approximate surface area is 640 Å². The van der Waals surface area contributed by atoms with Gasteiger partial charge in [-0.2, -0.15) is 0 Å². The van der Waals surface area contributed by atoms with Gasteiger partial charge in [-0.3, -0.25) is 0 Å². The SMILES string of the molecule is c1ccc(-c2ccc(-n3c4ccc(-c5ccc6c(c5)c5ccccc5n6-c5cccc6ccccc56)cc4c4c5c(ccc43)sc3ccccc35)cc2)cc1.c1ccc(-c2ccc(-n3c4ccc(-c5ccc6c(c5)c5ccccc5n6-c5cccc6ccccc56)cc4c4c5sc6ccccc6c5ccc43)cc2)cc1. The molecule has 24 aromatic rings. The number of benzene rings is 18. The molecule has 0 atom stereocenters. The molecule has 0 aliphatic carbocycles. The van der Waals surface area contributed by atoms with Crippen molar-refractivity contribution in [3.8, 4) is 67.3 Å². The predicted octanol–water partition coefficient (Wildman–Crippen LogP) is 29.5. The normalized spacial score (nSPS) is 12.0. The monoisotopic (exact) mass is 1430 g/mol. The molecule has 0 radical (unpaired) electrons. The highest BCUT2D eigenvalue weighted by atomic mass is 32.1. The van der Waals surface area contributed by atoms with Crippen molar-refractivity contribution in [1.29, 1.82) is 0 Å². The van der Waals surface area contributed by atoms with Crippen LogP contribution in [0.2, 0.25) is 0 Å². The third-order valence-corrected chi connectivity index (χ3v) is 25.4. The summed E-state index contributed by atoms with van der Waals surface area (Å²) in [6.45, 7) is 0. The van der Waals surface area contributed by atoms with E-state index < -0.39 is 0 Å². The zero-order valence-electron chi connectivity index (χ0n) is 59.6. The van der Waals surface area contributed by atoms with E-state index in [0.29, 0.717) is 0 Å². The van der Waals surface area contributed by atoms with Crippen molar-refractivity contribution in [3.63, 3.8) is 0 Å². The van der Waals surface area contributed by atoms with Crippen LogP contribution in [-0.2, 0) is 0 Å². The number of thiophene rings is 2. The van der Waals surface area contributed by atoms with Crippen LogP contribution in [0.3, 0.4) is 0 Å². The molecule has 0 fully saturated rings. The first-order valence-electron chi connectivity index (χ1n) is 37.7. The smallest absolute Gasteiger partial charge is 0.0555 e. The topological polar surface area (TPSA) is 19.7 Å². The lowest BCUT2D eigenvalue weighted by atomic mass is 9.99. The van der Waals surface area contributed by atoms with Crippen LogP contribution in [0.4, 0.5) is 0 Å². The van der Waals surface area contributed by atoms with Crippen LogP contribution in [0, 0.1) is 0 Å². The van der Waals surface area contributed by atoms with Crippen molar-refractivity contribution in [3.05, 3.63) is 388 Å². The minimum absolute atomic E-state index is 1.16. The number of hydrogen-bond donors (Lipinski definition) is 0. The standard InChI is InChI=1S/2C52H32N2S/c1-2-11-33(12-3-1)34-21-25-38(26-22-34)53-48-29-24-37(32-44(48)51-49(53)30-27-42-41-17-7-9-20-50(41)55-52(42)51)36-23-28-47-43(31-36)40-16-6-8-18-46(40)54(47)45-19-10-14-35-13-4-5-15-39(35)45;1-2-11-33(12-3-1)34-21-25-38(26-22-34)53-47-28-24-37(32-43(47)51-48(53)29-30-50-52(51)41-17-7-9-20-49(41)55-50)36-23-27-46-42(31-36)40-16-6-8-18-45(40)54(46)44-19-10-14-35-13-4-5-15-39(35)44/h2*1-32H. The molecule has 0 aliphatic rings. The van der Waals surface area contributed by atoms with Crippen LogP contribution in [0.25, 0.3) is 216 Å². The average molecular weight is 1430 g/mol. The minimum Gasteiger partial charge on any atom is -0.309 e. The molecule has 24 rings (SSSR count). The first-order valence-corrected chi connectivity index (χ1v) is 39.3. The number of nitrogens with zero attached hydrogens (tertiary/aromatic N) is 4. The molecule has 0 unspecified atom stereocenters. The van der Waals surface area contributed by atoms with E-state index in [1.54, 1.807) is 0 Å². The Hall–Kier alpha value is -13.9. The Balaban J connectivity index is 0.000000132. The van der Waals surface area contributed by atoms with Gasteiger partial charge < -0.3 is 18.3 Å². The molecule has 0 spiro atoms. The molecule has 0 saturated carbocycles. The zero-order chi connectivity index (χ0) is 72.1. The van der Waals surface area contributed by atoms with Gasteiger partial charge in [-0.1, -0.05) is 261 Å². The van der Waals surface area contributed by atoms with Crippen LogP contribution < -0.4 is 0 Å². The summed E-state index contributed by atoms with van der Waals surface area (Å²) in [4.78, 5) is 0. The van der Waals surface area contributed by atoms with Crippen LogP contribution >= 0.6 is 22.7 Å². The minimum atomic E-state index is 1.16. The van der Waals surface area contributed by atoms with Gasteiger partial charge in [0.15, 0.2) is 0 Å². The highest BCUT2D eigenvalue weighted by Crippen LogP contribution is 2.49. The van der Waals surface area contributed by atoms with Crippen molar-refractivity contribution in [1.82, 2.24) is 18.3 Å². The molecule has 4 nitrogen and oxygen atoms in total. The number of hydrogen-bond acceptors (Lipinski definition) is 2. The summed E-state index contributed by atoms with van der Waals surface area (Å²) < 4.78 is 15.1. The van der Waals surface area contributed by atoms with Crippen molar-refractivity contribution in [2.75, 3.05) is 0 Å². The van der Waals surface area contributed by atoms with Gasteiger partial charge >= 0.3 is 0 Å². The maximum absolute atomic E-state index is 2.45. The van der Waals surface area contributed by atoms with E-state index in [1.165, 1.54) is 205 Å². The molecular weight excluding hydrogens is 1370 g/mol. The average Bonchev–Trinajstić information content (AvgIpc) is 1.56. The van der Waals surface area contributed by atoms with E-state index >= 15 is 0 Å². The maximum Gasteiger partial charge on any atom is 0.0555 e. The van der Waals surface area contributed by atoms with Gasteiger partial charge in [0.05, 0.1) is 55.5 Å². The second-order valence-corrected chi connectivity index (χ2v) is 31.1. The zero-order valence-corrected chi connectivity index (χ0v) is 61.2. The molecule has 0 amide bonds. The molecule has 6 heterocycles. The van der Waals surface area contributed by atoms with E-state index in [9.17, 15) is 0 Å². The first kappa shape index (κ1) is 62.3. The lowest BCUT2D eigenvalue weighted by molar-refractivity contribution is 1.18. The Kier molecular flexibility index (Phi) is 14.1. The molecular formula is C104H64N4S2. The fourth-order valence-electron chi connectivity index (χ4n) is 18.0. The third kappa shape index (κ3) is 9.70. The van der Waals surface area contributed by atoms with Crippen molar-refractivity contribution < 1.29 is 0 Å². The van der Waals surface area contributed by atoms with E-state index in [1.807, 2.05) is 22.7 Å². The van der Waals surface area contributed by atoms with Gasteiger partial charge in [0, 0.05) is 106 Å². The Morgan fingerprint density at radius 3 is 1.04 bits per heavy atom. The first-order chi connectivity index (χ1) is 54.6. The van der Waals surface area contributed by atoms with Crippen LogP contribution in [0.15, 0.2) is 388 Å². The van der Waals surface area contributed by atoms with Crippen molar-refractivity contribution >= 4 is 172 Å². The van der Waals surface area contributed by atoms with Crippen LogP contribution in [-0.4, -0.2) is 18.3 Å². The second kappa shape index (κ2) is 24.9. The summed E-state index contributed by atoms with van der Waals surface area (Å²) in [5, 5.41) is 20.5. The van der Waals surface area contributed by atoms with E-state index in [2.05, 4.69) is 407 Å². The summed E-state index contributed by atoms with van der Waals surface area (Å²) in [5.74, 6) is 0. The molecule has 6 aromatic heterocycles. The Morgan fingerprint density at radius 2 is 0.518 bits per heavy atom. The lowest BCUT2D eigenvalue weighted by Gasteiger charge is -2.12. The van der Waals surface area contributed by atoms with Gasteiger partial charge in [0.25, 0.3) is 0 Å². The largest absolute Gasteiger partial charge is 0.309 e. The number of rotatable bonds is 8. The van der Waals surface area contributed by atoms with Crippen molar-refractivity contribution in [2.24, 2.45) is 0 Å². The van der Waals surface area contributed by atoms with Gasteiger partial charge in [-0.25, -0.2) is 0 Å². The molecule has 0 saturated heterocycles. The summed E-state index contributed by atoms with van der Waals surface area (Å²) in [6, 6.07) is 143. The summed E-state index contributed by atoms with van der Waals surface area (Å²) >= 11 is 3.79. The highest BCUT2D eigenvalue weighted by molar-refractivity contribution is 7.27. The molecule has 110 heavy (non-hydrogen) atoms. The predicted molar refractivity (Wildman–Crippen MR) is 473 cm³/mol. The molecule has 6 heteroatoms. The fourth-order valence-corrected chi connectivity index (χ4v) is 20.4. The van der Waals surface area contributed by atoms with Gasteiger partial charge in [0.1, 0.15) is 0 Å². The number of fused-ring (bicyclic) bond motifs is 22. The molecule has 0 bridgehead atoms.